The summed E-state index contributed by atoms with van der Waals surface area (Å²) in [4.78, 5) is 11.7. The molecule has 2 heteroatoms. The number of hydrogen-bond acceptors (Lipinski definition) is 1. The average Bonchev–Trinajstić information content (AvgIpc) is 2.37. The van der Waals surface area contributed by atoms with E-state index < -0.39 is 11.4 Å². The van der Waals surface area contributed by atoms with Crippen molar-refractivity contribution in [2.45, 2.75) is 33.1 Å². The molecule has 96 valence electrons. The fourth-order valence-corrected chi connectivity index (χ4v) is 2.97. The number of rotatable bonds is 3. The van der Waals surface area contributed by atoms with E-state index in [-0.39, 0.29) is 5.92 Å². The van der Waals surface area contributed by atoms with Gasteiger partial charge in [-0.3, -0.25) is 4.79 Å². The van der Waals surface area contributed by atoms with E-state index in [2.05, 4.69) is 26.0 Å². The van der Waals surface area contributed by atoms with Crippen LogP contribution in [0.2, 0.25) is 0 Å². The molecule has 2 nitrogen and oxygen atoms in total. The molecule has 1 aliphatic rings. The Kier molecular flexibility index (Phi) is 3.29. The van der Waals surface area contributed by atoms with E-state index in [0.29, 0.717) is 5.92 Å². The Morgan fingerprint density at radius 2 is 2.11 bits per heavy atom. The van der Waals surface area contributed by atoms with Crippen LogP contribution in [0, 0.1) is 11.3 Å². The first kappa shape index (κ1) is 12.9. The van der Waals surface area contributed by atoms with Gasteiger partial charge in [-0.2, -0.15) is 0 Å². The van der Waals surface area contributed by atoms with Gasteiger partial charge in [0.05, 0.1) is 5.41 Å². The minimum Gasteiger partial charge on any atom is -0.481 e. The van der Waals surface area contributed by atoms with Gasteiger partial charge < -0.3 is 5.11 Å². The summed E-state index contributed by atoms with van der Waals surface area (Å²) in [6, 6.07) is 8.12. The van der Waals surface area contributed by atoms with Crippen LogP contribution in [-0.2, 0) is 4.79 Å². The summed E-state index contributed by atoms with van der Waals surface area (Å²) in [7, 11) is 0. The molecule has 0 unspecified atom stereocenters. The highest BCUT2D eigenvalue weighted by molar-refractivity contribution is 5.82. The molecule has 0 amide bonds. The monoisotopic (exact) mass is 244 g/mol. The average molecular weight is 244 g/mol. The van der Waals surface area contributed by atoms with E-state index in [9.17, 15) is 9.90 Å². The van der Waals surface area contributed by atoms with Crippen molar-refractivity contribution in [3.8, 4) is 0 Å². The smallest absolute Gasteiger partial charge is 0.313 e. The highest BCUT2D eigenvalue weighted by Crippen LogP contribution is 2.48. The highest BCUT2D eigenvalue weighted by Gasteiger charge is 2.44. The van der Waals surface area contributed by atoms with E-state index in [1.807, 2.05) is 31.2 Å². The fraction of sp³-hybridized carbons (Fsp3) is 0.438. The second kappa shape index (κ2) is 4.60. The van der Waals surface area contributed by atoms with Gasteiger partial charge >= 0.3 is 5.97 Å². The molecule has 3 atom stereocenters. The topological polar surface area (TPSA) is 37.3 Å². The molecule has 1 aromatic carbocycles. The van der Waals surface area contributed by atoms with Crippen LogP contribution in [0.4, 0.5) is 0 Å². The second-order valence-corrected chi connectivity index (χ2v) is 5.41. The standard InChI is InChI=1S/C16H20O2/c1-4-11(2)14-13-8-6-5-7-12(13)9-10-16(14,3)15(17)18/h5-11,14H,4H2,1-3H3,(H,17,18)/t11-,14-,16-/m0/s1. The number of hydrogen-bond donors (Lipinski definition) is 1. The molecule has 18 heavy (non-hydrogen) atoms. The lowest BCUT2D eigenvalue weighted by atomic mass is 9.63. The van der Waals surface area contributed by atoms with Crippen molar-refractivity contribution in [2.75, 3.05) is 0 Å². The first-order chi connectivity index (χ1) is 8.50. The van der Waals surface area contributed by atoms with Gasteiger partial charge in [-0.15, -0.1) is 0 Å². The number of carbonyl (C=O) groups is 1. The first-order valence-electron chi connectivity index (χ1n) is 6.52. The first-order valence-corrected chi connectivity index (χ1v) is 6.52. The molecule has 0 spiro atoms. The third kappa shape index (κ3) is 1.86. The van der Waals surface area contributed by atoms with Crippen molar-refractivity contribution >= 4 is 12.0 Å². The number of aliphatic carboxylic acids is 1. The molecule has 0 bridgehead atoms. The summed E-state index contributed by atoms with van der Waals surface area (Å²) in [5, 5.41) is 9.59. The van der Waals surface area contributed by atoms with Crippen molar-refractivity contribution in [3.63, 3.8) is 0 Å². The summed E-state index contributed by atoms with van der Waals surface area (Å²) < 4.78 is 0. The predicted octanol–water partition coefficient (Wildman–Crippen LogP) is 3.93. The molecule has 0 aliphatic heterocycles. The lowest BCUT2D eigenvalue weighted by Crippen LogP contribution is -2.37. The molecule has 0 saturated heterocycles. The van der Waals surface area contributed by atoms with Crippen molar-refractivity contribution in [1.82, 2.24) is 0 Å². The van der Waals surface area contributed by atoms with Crippen LogP contribution in [0.1, 0.15) is 44.2 Å². The third-order valence-corrected chi connectivity index (χ3v) is 4.26. The van der Waals surface area contributed by atoms with Crippen LogP contribution in [0.15, 0.2) is 30.3 Å². The van der Waals surface area contributed by atoms with Gasteiger partial charge in [-0.05, 0) is 24.0 Å². The number of fused-ring (bicyclic) bond motifs is 1. The van der Waals surface area contributed by atoms with E-state index in [1.165, 1.54) is 5.56 Å². The molecule has 1 aliphatic carbocycles. The molecule has 0 saturated carbocycles. The summed E-state index contributed by atoms with van der Waals surface area (Å²) in [6.45, 7) is 6.09. The Balaban J connectivity index is 2.59. The van der Waals surface area contributed by atoms with Crippen LogP contribution < -0.4 is 0 Å². The summed E-state index contributed by atoms with van der Waals surface area (Å²) in [5.74, 6) is -0.350. The summed E-state index contributed by atoms with van der Waals surface area (Å²) >= 11 is 0. The van der Waals surface area contributed by atoms with Crippen molar-refractivity contribution in [3.05, 3.63) is 41.5 Å². The Hall–Kier alpha value is -1.57. The minimum absolute atomic E-state index is 0.0428. The van der Waals surface area contributed by atoms with E-state index in [4.69, 9.17) is 0 Å². The van der Waals surface area contributed by atoms with Crippen molar-refractivity contribution < 1.29 is 9.90 Å². The Labute approximate surface area is 108 Å². The van der Waals surface area contributed by atoms with Gasteiger partial charge in [0.25, 0.3) is 0 Å². The molecular formula is C16H20O2. The maximum Gasteiger partial charge on any atom is 0.313 e. The zero-order valence-corrected chi connectivity index (χ0v) is 11.2. The lowest BCUT2D eigenvalue weighted by molar-refractivity contribution is -0.147. The summed E-state index contributed by atoms with van der Waals surface area (Å²) in [6.07, 6.45) is 4.78. The van der Waals surface area contributed by atoms with Crippen LogP contribution >= 0.6 is 0 Å². The Bertz CT molecular complexity index is 490. The van der Waals surface area contributed by atoms with Gasteiger partial charge in [-0.25, -0.2) is 0 Å². The molecule has 0 heterocycles. The van der Waals surface area contributed by atoms with Crippen LogP contribution in [0.25, 0.3) is 6.08 Å². The number of benzene rings is 1. The van der Waals surface area contributed by atoms with Crippen molar-refractivity contribution in [2.24, 2.45) is 11.3 Å². The summed E-state index contributed by atoms with van der Waals surface area (Å²) in [5.41, 5.74) is 1.52. The quantitative estimate of drug-likeness (QED) is 0.874. The van der Waals surface area contributed by atoms with Crippen molar-refractivity contribution in [1.29, 1.82) is 0 Å². The molecule has 2 rings (SSSR count). The number of carboxylic acids is 1. The lowest BCUT2D eigenvalue weighted by Gasteiger charge is -2.39. The SMILES string of the molecule is CC[C@H](C)[C@H]1c2ccccc2C=C[C@]1(C)C(=O)O. The van der Waals surface area contributed by atoms with Crippen LogP contribution in [-0.4, -0.2) is 11.1 Å². The molecular weight excluding hydrogens is 224 g/mol. The number of carboxylic acid groups (broad SMARTS) is 1. The largest absolute Gasteiger partial charge is 0.481 e. The Morgan fingerprint density at radius 3 is 2.72 bits per heavy atom. The van der Waals surface area contributed by atoms with Gasteiger partial charge in [-0.1, -0.05) is 56.7 Å². The molecule has 0 radical (unpaired) electrons. The normalized spacial score (nSPS) is 27.6. The highest BCUT2D eigenvalue weighted by atomic mass is 16.4. The predicted molar refractivity (Wildman–Crippen MR) is 73.4 cm³/mol. The fourth-order valence-electron chi connectivity index (χ4n) is 2.97. The van der Waals surface area contributed by atoms with E-state index in [0.717, 1.165) is 12.0 Å². The zero-order chi connectivity index (χ0) is 13.3. The van der Waals surface area contributed by atoms with E-state index in [1.54, 1.807) is 0 Å². The van der Waals surface area contributed by atoms with Crippen LogP contribution in [0.5, 0.6) is 0 Å². The molecule has 1 N–H and O–H groups in total. The van der Waals surface area contributed by atoms with Crippen LogP contribution in [0.3, 0.4) is 0 Å². The van der Waals surface area contributed by atoms with Gasteiger partial charge in [0, 0.05) is 5.92 Å². The van der Waals surface area contributed by atoms with Gasteiger partial charge in [0.2, 0.25) is 0 Å². The minimum atomic E-state index is -0.802. The van der Waals surface area contributed by atoms with Gasteiger partial charge in [0.1, 0.15) is 0 Å². The Morgan fingerprint density at radius 1 is 1.44 bits per heavy atom. The van der Waals surface area contributed by atoms with E-state index >= 15 is 0 Å². The zero-order valence-electron chi connectivity index (χ0n) is 11.2. The van der Waals surface area contributed by atoms with Gasteiger partial charge in [0.15, 0.2) is 0 Å². The molecule has 0 fully saturated rings. The molecule has 1 aromatic rings. The maximum atomic E-state index is 11.7. The maximum absolute atomic E-state index is 11.7. The molecule has 0 aromatic heterocycles. The third-order valence-electron chi connectivity index (χ3n) is 4.26. The second-order valence-electron chi connectivity index (χ2n) is 5.41.